The van der Waals surface area contributed by atoms with Gasteiger partial charge >= 0.3 is 0 Å². The number of dihydropyridines is 1. The first-order valence-electron chi connectivity index (χ1n) is 8.71. The largest absolute Gasteiger partial charge is 0.353 e. The van der Waals surface area contributed by atoms with E-state index >= 15 is 0 Å². The molecule has 3 rings (SSSR count). The van der Waals surface area contributed by atoms with Crippen LogP contribution in [0.3, 0.4) is 0 Å². The summed E-state index contributed by atoms with van der Waals surface area (Å²) in [6.45, 7) is 3.96. The Labute approximate surface area is 164 Å². The van der Waals surface area contributed by atoms with Gasteiger partial charge in [0.2, 0.25) is 5.91 Å². The summed E-state index contributed by atoms with van der Waals surface area (Å²) in [6.07, 6.45) is 2.05. The van der Waals surface area contributed by atoms with Crippen molar-refractivity contribution in [2.24, 2.45) is 0 Å². The lowest BCUT2D eigenvalue weighted by molar-refractivity contribution is -0.113. The van der Waals surface area contributed by atoms with Gasteiger partial charge < -0.3 is 10.6 Å². The summed E-state index contributed by atoms with van der Waals surface area (Å²) in [7, 11) is 0. The number of carbonyl (C=O) groups excluding carboxylic acids is 1. The molecule has 5 heteroatoms. The molecule has 1 atom stereocenters. The maximum absolute atomic E-state index is 12.3. The maximum atomic E-state index is 12.3. The zero-order valence-corrected chi connectivity index (χ0v) is 16.1. The van der Waals surface area contributed by atoms with E-state index in [-0.39, 0.29) is 17.6 Å². The molecule has 2 aromatic carbocycles. The minimum Gasteiger partial charge on any atom is -0.353 e. The van der Waals surface area contributed by atoms with Crippen molar-refractivity contribution >= 4 is 23.4 Å². The van der Waals surface area contributed by atoms with Crippen LogP contribution in [0.2, 0.25) is 0 Å². The number of amides is 1. The Morgan fingerprint density at radius 3 is 2.67 bits per heavy atom. The summed E-state index contributed by atoms with van der Waals surface area (Å²) >= 11 is 1.36. The van der Waals surface area contributed by atoms with Crippen LogP contribution in [0.4, 0.5) is 5.69 Å². The lowest BCUT2D eigenvalue weighted by atomic mass is 9.90. The lowest BCUT2D eigenvalue weighted by Gasteiger charge is -2.24. The maximum Gasteiger partial charge on any atom is 0.234 e. The van der Waals surface area contributed by atoms with Crippen molar-refractivity contribution in [3.63, 3.8) is 0 Å². The summed E-state index contributed by atoms with van der Waals surface area (Å²) in [6, 6.07) is 20.0. The standard InChI is InChI=1S/C22H21N3OS/c1-15-7-6-10-18(11-15)25-21(26)14-27-22-20(13-23)19(12-16(2)24-22)17-8-4-3-5-9-17/h3-12,19,24H,14H2,1-2H3,(H,25,26). The Morgan fingerprint density at radius 2 is 1.96 bits per heavy atom. The molecule has 0 aromatic heterocycles. The third-order valence-corrected chi connectivity index (χ3v) is 5.23. The van der Waals surface area contributed by atoms with Gasteiger partial charge in [0.1, 0.15) is 0 Å². The van der Waals surface area contributed by atoms with Crippen molar-refractivity contribution in [3.05, 3.63) is 88.1 Å². The van der Waals surface area contributed by atoms with E-state index in [0.717, 1.165) is 27.5 Å². The van der Waals surface area contributed by atoms with Crippen molar-refractivity contribution in [1.82, 2.24) is 5.32 Å². The average molecular weight is 375 g/mol. The summed E-state index contributed by atoms with van der Waals surface area (Å²) in [4.78, 5) is 12.3. The fourth-order valence-electron chi connectivity index (χ4n) is 2.98. The number of hydrogen-bond donors (Lipinski definition) is 2. The van der Waals surface area contributed by atoms with Crippen LogP contribution in [0.25, 0.3) is 0 Å². The number of nitriles is 1. The molecule has 1 aliphatic rings. The zero-order valence-electron chi connectivity index (χ0n) is 15.3. The van der Waals surface area contributed by atoms with Gasteiger partial charge in [-0.05, 0) is 37.1 Å². The SMILES string of the molecule is CC1=CC(c2ccccc2)C(C#N)=C(SCC(=O)Nc2cccc(C)c2)N1. The molecule has 0 aliphatic carbocycles. The quantitative estimate of drug-likeness (QED) is 0.795. The second kappa shape index (κ2) is 8.61. The van der Waals surface area contributed by atoms with Crippen LogP contribution >= 0.6 is 11.8 Å². The molecule has 2 aromatic rings. The van der Waals surface area contributed by atoms with Crippen LogP contribution in [-0.4, -0.2) is 11.7 Å². The number of carbonyl (C=O) groups is 1. The number of aryl methyl sites for hydroxylation is 1. The fourth-order valence-corrected chi connectivity index (χ4v) is 3.89. The third kappa shape index (κ3) is 4.81. The van der Waals surface area contributed by atoms with Crippen LogP contribution in [0, 0.1) is 18.3 Å². The summed E-state index contributed by atoms with van der Waals surface area (Å²) < 4.78 is 0. The van der Waals surface area contributed by atoms with Crippen LogP contribution in [0.15, 0.2) is 77.0 Å². The number of anilines is 1. The molecular formula is C22H21N3OS. The summed E-state index contributed by atoms with van der Waals surface area (Å²) in [5.41, 5.74) is 4.56. The van der Waals surface area contributed by atoms with E-state index in [1.54, 1.807) is 0 Å². The second-order valence-electron chi connectivity index (χ2n) is 6.42. The van der Waals surface area contributed by atoms with E-state index in [1.807, 2.05) is 74.5 Å². The monoisotopic (exact) mass is 375 g/mol. The van der Waals surface area contributed by atoms with Gasteiger partial charge in [-0.15, -0.1) is 0 Å². The Balaban J connectivity index is 1.73. The molecule has 0 bridgehead atoms. The van der Waals surface area contributed by atoms with Gasteiger partial charge in [-0.25, -0.2) is 0 Å². The molecule has 1 unspecified atom stereocenters. The average Bonchev–Trinajstić information content (AvgIpc) is 2.66. The second-order valence-corrected chi connectivity index (χ2v) is 7.41. The zero-order chi connectivity index (χ0) is 19.2. The number of hydrogen-bond acceptors (Lipinski definition) is 4. The van der Waals surface area contributed by atoms with E-state index in [4.69, 9.17) is 0 Å². The van der Waals surface area contributed by atoms with E-state index in [2.05, 4.69) is 16.7 Å². The predicted octanol–water partition coefficient (Wildman–Crippen LogP) is 4.69. The van der Waals surface area contributed by atoms with E-state index in [0.29, 0.717) is 5.57 Å². The molecule has 1 amide bonds. The number of allylic oxidation sites excluding steroid dienone is 3. The Morgan fingerprint density at radius 1 is 1.19 bits per heavy atom. The Bertz CT molecular complexity index is 942. The highest BCUT2D eigenvalue weighted by Gasteiger charge is 2.24. The van der Waals surface area contributed by atoms with E-state index < -0.39 is 0 Å². The third-order valence-electron chi connectivity index (χ3n) is 4.21. The normalized spacial score (nSPS) is 16.2. The molecule has 136 valence electrons. The number of rotatable bonds is 5. The molecule has 2 N–H and O–H groups in total. The van der Waals surface area contributed by atoms with Crippen molar-refractivity contribution < 1.29 is 4.79 Å². The fraction of sp³-hybridized carbons (Fsp3) is 0.182. The molecule has 0 saturated heterocycles. The van der Waals surface area contributed by atoms with Gasteiger partial charge in [0.25, 0.3) is 0 Å². The summed E-state index contributed by atoms with van der Waals surface area (Å²) in [5, 5.41) is 16.6. The van der Waals surface area contributed by atoms with Crippen molar-refractivity contribution in [2.75, 3.05) is 11.1 Å². The molecule has 4 nitrogen and oxygen atoms in total. The molecule has 27 heavy (non-hydrogen) atoms. The molecule has 0 radical (unpaired) electrons. The number of nitrogens with zero attached hydrogens (tertiary/aromatic N) is 1. The highest BCUT2D eigenvalue weighted by Crippen LogP contribution is 2.35. The van der Waals surface area contributed by atoms with Crippen LogP contribution < -0.4 is 10.6 Å². The number of nitrogens with one attached hydrogen (secondary N) is 2. The first-order chi connectivity index (χ1) is 13.1. The molecule has 1 aliphatic heterocycles. The molecule has 0 saturated carbocycles. The summed E-state index contributed by atoms with van der Waals surface area (Å²) in [5.74, 6) is 0.0383. The van der Waals surface area contributed by atoms with Crippen molar-refractivity contribution in [3.8, 4) is 6.07 Å². The molecule has 0 fully saturated rings. The smallest absolute Gasteiger partial charge is 0.234 e. The minimum absolute atomic E-state index is 0.0966. The van der Waals surface area contributed by atoms with Gasteiger partial charge in [-0.3, -0.25) is 4.79 Å². The van der Waals surface area contributed by atoms with E-state index in [1.165, 1.54) is 11.8 Å². The Kier molecular flexibility index (Phi) is 6.00. The first-order valence-corrected chi connectivity index (χ1v) is 9.69. The number of benzene rings is 2. The topological polar surface area (TPSA) is 64.9 Å². The number of thioether (sulfide) groups is 1. The van der Waals surface area contributed by atoms with E-state index in [9.17, 15) is 10.1 Å². The van der Waals surface area contributed by atoms with Gasteiger partial charge in [0.15, 0.2) is 0 Å². The van der Waals surface area contributed by atoms with Crippen molar-refractivity contribution in [2.45, 2.75) is 19.8 Å². The first kappa shape index (κ1) is 18.8. The van der Waals surface area contributed by atoms with Crippen LogP contribution in [0.1, 0.15) is 24.0 Å². The highest BCUT2D eigenvalue weighted by atomic mass is 32.2. The Hall–Kier alpha value is -2.97. The van der Waals surface area contributed by atoms with Gasteiger partial charge in [-0.1, -0.05) is 60.3 Å². The van der Waals surface area contributed by atoms with Gasteiger partial charge in [0.05, 0.1) is 22.4 Å². The van der Waals surface area contributed by atoms with Gasteiger partial charge in [0, 0.05) is 17.3 Å². The molecule has 0 spiro atoms. The van der Waals surface area contributed by atoms with Crippen LogP contribution in [0.5, 0.6) is 0 Å². The van der Waals surface area contributed by atoms with Crippen LogP contribution in [-0.2, 0) is 4.79 Å². The predicted molar refractivity (Wildman–Crippen MR) is 111 cm³/mol. The molecular weight excluding hydrogens is 354 g/mol. The van der Waals surface area contributed by atoms with Crippen molar-refractivity contribution in [1.29, 1.82) is 5.26 Å². The van der Waals surface area contributed by atoms with Gasteiger partial charge in [-0.2, -0.15) is 5.26 Å². The lowest BCUT2D eigenvalue weighted by Crippen LogP contribution is -2.22. The molecule has 1 heterocycles. The minimum atomic E-state index is -0.0974. The highest BCUT2D eigenvalue weighted by molar-refractivity contribution is 8.03.